The third kappa shape index (κ3) is 4.11. The quantitative estimate of drug-likeness (QED) is 0.264. The standard InChI is InChI=1S/C28H28N2O6/c1-16(12-18-6-3-4-9-23(18)31)10-11-24-25-17(2)13-21-26(22(25)15-36-24)28(33)29(27(21)32)19-7-5-8-20(14-19)30(34)35/h3-9,12,14,21-22,24,26,31H,10-11,13,15H2,1-2H3/b16-12+/t21-,22+,24-,26-/m1/s1. The molecule has 2 saturated heterocycles. The summed E-state index contributed by atoms with van der Waals surface area (Å²) in [5.41, 5.74) is 4.18. The maximum atomic E-state index is 13.5. The number of hydrogen-bond acceptors (Lipinski definition) is 6. The number of fused-ring (bicyclic) bond motifs is 3. The van der Waals surface area contributed by atoms with Crippen molar-refractivity contribution in [2.45, 2.75) is 39.2 Å². The Balaban J connectivity index is 1.34. The lowest BCUT2D eigenvalue weighted by Gasteiger charge is -2.30. The molecule has 0 radical (unpaired) electrons. The highest BCUT2D eigenvalue weighted by molar-refractivity contribution is 6.22. The zero-order valence-electron chi connectivity index (χ0n) is 20.2. The Hall–Kier alpha value is -3.78. The number of phenols is 1. The molecule has 2 heterocycles. The molecule has 2 fully saturated rings. The van der Waals surface area contributed by atoms with Gasteiger partial charge < -0.3 is 9.84 Å². The number of carbonyl (C=O) groups excluding carboxylic acids is 2. The second-order valence-electron chi connectivity index (χ2n) is 9.88. The van der Waals surface area contributed by atoms with E-state index in [9.17, 15) is 24.8 Å². The number of hydrogen-bond donors (Lipinski definition) is 1. The van der Waals surface area contributed by atoms with Gasteiger partial charge in [0, 0.05) is 23.6 Å². The van der Waals surface area contributed by atoms with E-state index >= 15 is 0 Å². The molecule has 0 aromatic heterocycles. The molecule has 2 aromatic rings. The van der Waals surface area contributed by atoms with Crippen molar-refractivity contribution in [1.82, 2.24) is 0 Å². The van der Waals surface area contributed by atoms with Crippen LogP contribution in [0, 0.1) is 27.9 Å². The first kappa shape index (κ1) is 23.9. The number of ether oxygens (including phenoxy) is 1. The lowest BCUT2D eigenvalue weighted by atomic mass is 9.70. The number of anilines is 1. The van der Waals surface area contributed by atoms with Crippen LogP contribution in [0.3, 0.4) is 0 Å². The number of non-ortho nitro benzene ring substituents is 1. The van der Waals surface area contributed by atoms with Crippen LogP contribution < -0.4 is 4.90 Å². The van der Waals surface area contributed by atoms with Gasteiger partial charge in [-0.05, 0) is 50.8 Å². The Bertz CT molecular complexity index is 1310. The molecule has 4 atom stereocenters. The van der Waals surface area contributed by atoms with Crippen molar-refractivity contribution in [3.63, 3.8) is 0 Å². The Kier molecular flexibility index (Phi) is 6.22. The molecule has 0 unspecified atom stereocenters. The molecule has 186 valence electrons. The van der Waals surface area contributed by atoms with Gasteiger partial charge in [0.1, 0.15) is 5.75 Å². The summed E-state index contributed by atoms with van der Waals surface area (Å²) >= 11 is 0. The molecule has 8 heteroatoms. The number of amides is 2. The first-order chi connectivity index (χ1) is 17.3. The molecule has 8 nitrogen and oxygen atoms in total. The van der Waals surface area contributed by atoms with Gasteiger partial charge in [-0.25, -0.2) is 4.90 Å². The Morgan fingerprint density at radius 1 is 1.17 bits per heavy atom. The molecule has 0 bridgehead atoms. The second-order valence-corrected chi connectivity index (χ2v) is 9.88. The Morgan fingerprint density at radius 3 is 2.69 bits per heavy atom. The first-order valence-electron chi connectivity index (χ1n) is 12.1. The smallest absolute Gasteiger partial charge is 0.271 e. The van der Waals surface area contributed by atoms with E-state index in [2.05, 4.69) is 0 Å². The van der Waals surface area contributed by atoms with Gasteiger partial charge in [0.25, 0.3) is 5.69 Å². The van der Waals surface area contributed by atoms with Gasteiger partial charge in [-0.1, -0.05) is 41.5 Å². The average Bonchev–Trinajstić information content (AvgIpc) is 3.38. The van der Waals surface area contributed by atoms with Crippen LogP contribution in [0.15, 0.2) is 65.3 Å². The van der Waals surface area contributed by atoms with Crippen LogP contribution in [0.4, 0.5) is 11.4 Å². The molecule has 1 N–H and O–H groups in total. The molecule has 5 rings (SSSR count). The molecular formula is C28H28N2O6. The van der Waals surface area contributed by atoms with Gasteiger partial charge in [-0.15, -0.1) is 0 Å². The summed E-state index contributed by atoms with van der Waals surface area (Å²) in [5, 5.41) is 21.3. The molecular weight excluding hydrogens is 460 g/mol. The van der Waals surface area contributed by atoms with E-state index in [1.807, 2.05) is 32.1 Å². The maximum absolute atomic E-state index is 13.5. The molecule has 36 heavy (non-hydrogen) atoms. The van der Waals surface area contributed by atoms with Crippen molar-refractivity contribution in [3.8, 4) is 5.75 Å². The van der Waals surface area contributed by atoms with Crippen molar-refractivity contribution in [1.29, 1.82) is 0 Å². The SMILES string of the molecule is CC1=C2[C@@H](CC/C(C)=C/c3ccccc3O)OC[C@@H]2[C@@H]2C(=O)N(c3cccc([N+](=O)[O-])c3)C(=O)[C@@H]2C1. The van der Waals surface area contributed by atoms with Crippen LogP contribution in [0.25, 0.3) is 6.08 Å². The van der Waals surface area contributed by atoms with Crippen LogP contribution >= 0.6 is 0 Å². The summed E-state index contributed by atoms with van der Waals surface area (Å²) in [6.45, 7) is 4.41. The highest BCUT2D eigenvalue weighted by atomic mass is 16.6. The first-order valence-corrected chi connectivity index (χ1v) is 12.1. The number of carbonyl (C=O) groups is 2. The van der Waals surface area contributed by atoms with Crippen LogP contribution in [-0.2, 0) is 14.3 Å². The van der Waals surface area contributed by atoms with Crippen LogP contribution in [0.5, 0.6) is 5.75 Å². The number of allylic oxidation sites excluding steroid dienone is 2. The van der Waals surface area contributed by atoms with Crippen molar-refractivity contribution in [2.75, 3.05) is 11.5 Å². The summed E-state index contributed by atoms with van der Waals surface area (Å²) in [4.78, 5) is 38.6. The van der Waals surface area contributed by atoms with Crippen LogP contribution in [-0.4, -0.2) is 34.6 Å². The van der Waals surface area contributed by atoms with Crippen molar-refractivity contribution in [2.24, 2.45) is 17.8 Å². The fraction of sp³-hybridized carbons (Fsp3) is 0.357. The topological polar surface area (TPSA) is 110 Å². The van der Waals surface area contributed by atoms with E-state index < -0.39 is 16.8 Å². The Morgan fingerprint density at radius 2 is 1.94 bits per heavy atom. The predicted molar refractivity (Wildman–Crippen MR) is 134 cm³/mol. The van der Waals surface area contributed by atoms with Gasteiger partial charge in [0.05, 0.1) is 35.2 Å². The van der Waals surface area contributed by atoms with E-state index in [1.165, 1.54) is 18.2 Å². The van der Waals surface area contributed by atoms with Gasteiger partial charge in [0.2, 0.25) is 11.8 Å². The van der Waals surface area contributed by atoms with Crippen molar-refractivity contribution in [3.05, 3.63) is 80.9 Å². The number of aromatic hydroxyl groups is 1. The summed E-state index contributed by atoms with van der Waals surface area (Å²) in [6.07, 6.45) is 3.84. The van der Waals surface area contributed by atoms with E-state index in [4.69, 9.17) is 4.74 Å². The minimum absolute atomic E-state index is 0.126. The molecule has 0 spiro atoms. The van der Waals surface area contributed by atoms with E-state index in [0.717, 1.165) is 40.0 Å². The van der Waals surface area contributed by atoms with Gasteiger partial charge in [-0.2, -0.15) is 0 Å². The van der Waals surface area contributed by atoms with Gasteiger partial charge in [0.15, 0.2) is 0 Å². The minimum Gasteiger partial charge on any atom is -0.507 e. The number of rotatable bonds is 6. The third-order valence-electron chi connectivity index (χ3n) is 7.59. The molecule has 2 amide bonds. The lowest BCUT2D eigenvalue weighted by molar-refractivity contribution is -0.384. The van der Waals surface area contributed by atoms with Crippen molar-refractivity contribution >= 4 is 29.3 Å². The summed E-state index contributed by atoms with van der Waals surface area (Å²) < 4.78 is 6.17. The predicted octanol–water partition coefficient (Wildman–Crippen LogP) is 5.02. The fourth-order valence-electron chi connectivity index (χ4n) is 5.94. The molecule has 2 aliphatic heterocycles. The number of phenolic OH excluding ortho intramolecular Hbond substituents is 1. The maximum Gasteiger partial charge on any atom is 0.271 e. The number of para-hydroxylation sites is 1. The molecule has 3 aliphatic rings. The Labute approximate surface area is 209 Å². The van der Waals surface area contributed by atoms with Crippen LogP contribution in [0.1, 0.15) is 38.7 Å². The number of nitro benzene ring substituents is 1. The highest BCUT2D eigenvalue weighted by Crippen LogP contribution is 2.50. The molecule has 0 saturated carbocycles. The second kappa shape index (κ2) is 9.35. The van der Waals surface area contributed by atoms with E-state index in [-0.39, 0.29) is 41.0 Å². The number of nitro groups is 1. The monoisotopic (exact) mass is 488 g/mol. The normalized spacial score (nSPS) is 25.8. The fourth-order valence-corrected chi connectivity index (χ4v) is 5.94. The summed E-state index contributed by atoms with van der Waals surface area (Å²) in [7, 11) is 0. The zero-order valence-corrected chi connectivity index (χ0v) is 20.2. The highest BCUT2D eigenvalue weighted by Gasteiger charge is 2.56. The molecule has 2 aromatic carbocycles. The average molecular weight is 489 g/mol. The largest absolute Gasteiger partial charge is 0.507 e. The zero-order chi connectivity index (χ0) is 25.6. The summed E-state index contributed by atoms with van der Waals surface area (Å²) in [6, 6.07) is 12.9. The number of imide groups is 1. The number of benzene rings is 2. The van der Waals surface area contributed by atoms with E-state index in [0.29, 0.717) is 13.0 Å². The molecule has 1 aliphatic carbocycles. The lowest BCUT2D eigenvalue weighted by Crippen LogP contribution is -2.34. The van der Waals surface area contributed by atoms with Gasteiger partial charge in [-0.3, -0.25) is 19.7 Å². The van der Waals surface area contributed by atoms with Gasteiger partial charge >= 0.3 is 0 Å². The van der Waals surface area contributed by atoms with E-state index in [1.54, 1.807) is 18.2 Å². The third-order valence-corrected chi connectivity index (χ3v) is 7.59. The van der Waals surface area contributed by atoms with Crippen molar-refractivity contribution < 1.29 is 24.4 Å². The van der Waals surface area contributed by atoms with Crippen LogP contribution in [0.2, 0.25) is 0 Å². The summed E-state index contributed by atoms with van der Waals surface area (Å²) in [5.74, 6) is -1.52. The minimum atomic E-state index is -0.531. The number of nitrogens with zero attached hydrogens (tertiary/aromatic N) is 2.